The van der Waals surface area contributed by atoms with Crippen molar-refractivity contribution in [3.8, 4) is 5.75 Å². The molecule has 0 bridgehead atoms. The molecule has 0 spiro atoms. The number of carbonyl (C=O) groups is 1. The van der Waals surface area contributed by atoms with Gasteiger partial charge in [0.15, 0.2) is 23.2 Å². The van der Waals surface area contributed by atoms with Gasteiger partial charge in [-0.3, -0.25) is 4.79 Å². The first-order valence-corrected chi connectivity index (χ1v) is 6.01. The van der Waals surface area contributed by atoms with Crippen LogP contribution in [0.2, 0.25) is 0 Å². The Hall–Kier alpha value is -1.71. The normalized spacial score (nSPS) is 26.3. The van der Waals surface area contributed by atoms with E-state index in [1.165, 1.54) is 6.08 Å². The minimum Gasteiger partial charge on any atom is -0.503 e. The van der Waals surface area contributed by atoms with Crippen molar-refractivity contribution in [1.82, 2.24) is 0 Å². The topological polar surface area (TPSA) is 37.3 Å². The standard InChI is InChI=1S/C14H12F2O2/c15-11-4-7(5-12(16)14(11)18)10-6-13(17)9-3-1-2-8(9)10/h4-6,8-9,18H,1-3H2. The molecule has 4 heteroatoms. The Morgan fingerprint density at radius 2 is 1.72 bits per heavy atom. The maximum atomic E-state index is 13.3. The van der Waals surface area contributed by atoms with Gasteiger partial charge in [0.05, 0.1) is 0 Å². The molecule has 1 N–H and O–H groups in total. The zero-order valence-corrected chi connectivity index (χ0v) is 9.62. The number of carbonyl (C=O) groups excluding carboxylic acids is 1. The number of halogens is 2. The molecule has 2 atom stereocenters. The number of phenols is 1. The van der Waals surface area contributed by atoms with Crippen molar-refractivity contribution in [2.45, 2.75) is 19.3 Å². The van der Waals surface area contributed by atoms with Crippen LogP contribution >= 0.6 is 0 Å². The number of benzene rings is 1. The summed E-state index contributed by atoms with van der Waals surface area (Å²) in [6.07, 6.45) is 4.21. The van der Waals surface area contributed by atoms with Crippen LogP contribution in [0.3, 0.4) is 0 Å². The van der Waals surface area contributed by atoms with Gasteiger partial charge in [0.2, 0.25) is 0 Å². The molecule has 18 heavy (non-hydrogen) atoms. The Labute approximate surface area is 103 Å². The van der Waals surface area contributed by atoms with Crippen molar-refractivity contribution in [3.05, 3.63) is 35.4 Å². The molecular weight excluding hydrogens is 238 g/mol. The molecule has 1 saturated carbocycles. The van der Waals surface area contributed by atoms with Crippen LogP contribution in [0.25, 0.3) is 5.57 Å². The Balaban J connectivity index is 2.06. The Kier molecular flexibility index (Phi) is 2.47. The van der Waals surface area contributed by atoms with E-state index in [2.05, 4.69) is 0 Å². The van der Waals surface area contributed by atoms with Crippen LogP contribution in [0.4, 0.5) is 8.78 Å². The minimum absolute atomic E-state index is 0.0140. The molecule has 1 fully saturated rings. The molecule has 1 aromatic rings. The van der Waals surface area contributed by atoms with Crippen molar-refractivity contribution in [3.63, 3.8) is 0 Å². The van der Waals surface area contributed by atoms with Gasteiger partial charge < -0.3 is 5.11 Å². The maximum Gasteiger partial charge on any atom is 0.187 e. The summed E-state index contributed by atoms with van der Waals surface area (Å²) in [5.74, 6) is -2.81. The van der Waals surface area contributed by atoms with E-state index >= 15 is 0 Å². The highest BCUT2D eigenvalue weighted by Gasteiger charge is 2.40. The molecule has 0 saturated heterocycles. The zero-order valence-electron chi connectivity index (χ0n) is 9.62. The molecule has 0 aromatic heterocycles. The fourth-order valence-corrected chi connectivity index (χ4v) is 3.07. The number of aromatic hydroxyl groups is 1. The first kappa shape index (κ1) is 11.4. The summed E-state index contributed by atoms with van der Waals surface area (Å²) >= 11 is 0. The first-order valence-electron chi connectivity index (χ1n) is 6.01. The molecule has 0 aliphatic heterocycles. The Morgan fingerprint density at radius 1 is 1.11 bits per heavy atom. The second-order valence-corrected chi connectivity index (χ2v) is 4.93. The van der Waals surface area contributed by atoms with Gasteiger partial charge in [0, 0.05) is 5.92 Å². The van der Waals surface area contributed by atoms with Gasteiger partial charge in [-0.1, -0.05) is 6.42 Å². The summed E-state index contributed by atoms with van der Waals surface area (Å²) in [5.41, 5.74) is 1.07. The van der Waals surface area contributed by atoms with Crippen molar-refractivity contribution < 1.29 is 18.7 Å². The number of ketones is 1. The van der Waals surface area contributed by atoms with E-state index in [9.17, 15) is 13.6 Å². The molecule has 0 radical (unpaired) electrons. The van der Waals surface area contributed by atoms with E-state index in [4.69, 9.17) is 5.11 Å². The van der Waals surface area contributed by atoms with Gasteiger partial charge in [-0.05, 0) is 48.1 Å². The summed E-state index contributed by atoms with van der Waals surface area (Å²) < 4.78 is 26.7. The number of allylic oxidation sites excluding steroid dienone is 2. The fourth-order valence-electron chi connectivity index (χ4n) is 3.07. The number of hydrogen-bond donors (Lipinski definition) is 1. The van der Waals surface area contributed by atoms with Crippen LogP contribution in [-0.4, -0.2) is 10.9 Å². The SMILES string of the molecule is O=C1C=C(c2cc(F)c(O)c(F)c2)C2CCCC12. The highest BCUT2D eigenvalue weighted by atomic mass is 19.1. The van der Waals surface area contributed by atoms with E-state index in [1.807, 2.05) is 0 Å². The average Bonchev–Trinajstić information content (AvgIpc) is 2.90. The number of phenolic OH excluding ortho intramolecular Hbond substituents is 1. The number of rotatable bonds is 1. The van der Waals surface area contributed by atoms with Gasteiger partial charge in [-0.25, -0.2) is 8.78 Å². The maximum absolute atomic E-state index is 13.3. The molecule has 0 amide bonds. The van der Waals surface area contributed by atoms with E-state index in [0.717, 1.165) is 31.4 Å². The highest BCUT2D eigenvalue weighted by Crippen LogP contribution is 2.46. The van der Waals surface area contributed by atoms with Crippen molar-refractivity contribution in [1.29, 1.82) is 0 Å². The van der Waals surface area contributed by atoms with Crippen LogP contribution in [0, 0.1) is 23.5 Å². The smallest absolute Gasteiger partial charge is 0.187 e. The van der Waals surface area contributed by atoms with Crippen LogP contribution in [-0.2, 0) is 4.79 Å². The summed E-state index contributed by atoms with van der Waals surface area (Å²) in [7, 11) is 0. The van der Waals surface area contributed by atoms with Crippen LogP contribution in [0.5, 0.6) is 5.75 Å². The monoisotopic (exact) mass is 250 g/mol. The molecule has 1 aromatic carbocycles. The first-order chi connectivity index (χ1) is 8.58. The van der Waals surface area contributed by atoms with E-state index in [-0.39, 0.29) is 17.6 Å². The lowest BCUT2D eigenvalue weighted by molar-refractivity contribution is -0.117. The number of hydrogen-bond acceptors (Lipinski definition) is 2. The molecule has 2 aliphatic carbocycles. The molecule has 2 unspecified atom stereocenters. The zero-order chi connectivity index (χ0) is 12.9. The van der Waals surface area contributed by atoms with Gasteiger partial charge >= 0.3 is 0 Å². The number of fused-ring (bicyclic) bond motifs is 1. The van der Waals surface area contributed by atoms with Crippen molar-refractivity contribution in [2.75, 3.05) is 0 Å². The quantitative estimate of drug-likeness (QED) is 0.831. The second kappa shape index (κ2) is 3.90. The van der Waals surface area contributed by atoms with Crippen molar-refractivity contribution in [2.24, 2.45) is 11.8 Å². The Bertz CT molecular complexity index is 540. The van der Waals surface area contributed by atoms with Gasteiger partial charge in [-0.2, -0.15) is 0 Å². The summed E-state index contributed by atoms with van der Waals surface area (Å²) in [6.45, 7) is 0. The summed E-state index contributed by atoms with van der Waals surface area (Å²) in [4.78, 5) is 11.8. The molecule has 0 heterocycles. The van der Waals surface area contributed by atoms with Crippen LogP contribution in [0.1, 0.15) is 24.8 Å². The molecule has 2 aliphatic rings. The highest BCUT2D eigenvalue weighted by molar-refractivity contribution is 6.04. The van der Waals surface area contributed by atoms with Crippen LogP contribution in [0.15, 0.2) is 18.2 Å². The second-order valence-electron chi connectivity index (χ2n) is 4.93. The summed E-state index contributed by atoms with van der Waals surface area (Å²) in [6, 6.07) is 2.19. The minimum atomic E-state index is -0.986. The lowest BCUT2D eigenvalue weighted by Crippen LogP contribution is -2.09. The van der Waals surface area contributed by atoms with Gasteiger partial charge in [0.25, 0.3) is 0 Å². The Morgan fingerprint density at radius 3 is 2.39 bits per heavy atom. The van der Waals surface area contributed by atoms with Gasteiger partial charge in [0.1, 0.15) is 0 Å². The lowest BCUT2D eigenvalue weighted by atomic mass is 9.90. The molecule has 94 valence electrons. The lowest BCUT2D eigenvalue weighted by Gasteiger charge is -2.14. The predicted octanol–water partition coefficient (Wildman–Crippen LogP) is 3.05. The third-order valence-corrected chi connectivity index (χ3v) is 3.93. The molecule has 3 rings (SSSR count). The summed E-state index contributed by atoms with van der Waals surface area (Å²) in [5, 5.41) is 9.08. The van der Waals surface area contributed by atoms with E-state index < -0.39 is 17.4 Å². The van der Waals surface area contributed by atoms with Gasteiger partial charge in [-0.15, -0.1) is 0 Å². The fraction of sp³-hybridized carbons (Fsp3) is 0.357. The third-order valence-electron chi connectivity index (χ3n) is 3.93. The van der Waals surface area contributed by atoms with Crippen LogP contribution < -0.4 is 0 Å². The molecule has 2 nitrogen and oxygen atoms in total. The largest absolute Gasteiger partial charge is 0.503 e. The average molecular weight is 250 g/mol. The third kappa shape index (κ3) is 1.55. The van der Waals surface area contributed by atoms with Crippen molar-refractivity contribution >= 4 is 11.4 Å². The van der Waals surface area contributed by atoms with E-state index in [1.54, 1.807) is 0 Å². The predicted molar refractivity (Wildman–Crippen MR) is 61.8 cm³/mol. The molecular formula is C14H12F2O2. The van der Waals surface area contributed by atoms with E-state index in [0.29, 0.717) is 11.1 Å².